The fraction of sp³-hybridized carbons (Fsp3) is 0. The van der Waals surface area contributed by atoms with Gasteiger partial charge in [0.05, 0.1) is 0 Å². The molecule has 0 bridgehead atoms. The molecule has 0 radical (unpaired) electrons. The van der Waals surface area contributed by atoms with Gasteiger partial charge in [0.15, 0.2) is 0 Å². The van der Waals surface area contributed by atoms with E-state index >= 15 is 0 Å². The van der Waals surface area contributed by atoms with Gasteiger partial charge in [0.1, 0.15) is 0 Å². The highest BCUT2D eigenvalue weighted by Gasteiger charge is 2.22. The van der Waals surface area contributed by atoms with Gasteiger partial charge in [0.25, 0.3) is 0 Å². The normalized spacial score (nSPS) is 12.0. The van der Waals surface area contributed by atoms with E-state index in [4.69, 9.17) is 0 Å². The first-order chi connectivity index (χ1) is 39.7. The Morgan fingerprint density at radius 3 is 1.09 bits per heavy atom. The Morgan fingerprint density at radius 1 is 0.150 bits per heavy atom. The van der Waals surface area contributed by atoms with Crippen molar-refractivity contribution in [1.29, 1.82) is 0 Å². The van der Waals surface area contributed by atoms with E-state index in [1.165, 1.54) is 172 Å². The van der Waals surface area contributed by atoms with Crippen molar-refractivity contribution >= 4 is 128 Å². The van der Waals surface area contributed by atoms with Crippen molar-refractivity contribution in [3.8, 4) is 66.8 Å². The summed E-state index contributed by atoms with van der Waals surface area (Å²) in [6.45, 7) is 0. The molecule has 0 spiro atoms. The number of rotatable bonds is 6. The molecule has 0 fully saturated rings. The van der Waals surface area contributed by atoms with E-state index < -0.39 is 0 Å². The molecular formula is C78H46S2. The minimum absolute atomic E-state index is 1.18. The van der Waals surface area contributed by atoms with Crippen molar-refractivity contribution in [2.75, 3.05) is 0 Å². The zero-order valence-electron chi connectivity index (χ0n) is 43.4. The third kappa shape index (κ3) is 6.93. The molecule has 15 aromatic carbocycles. The maximum absolute atomic E-state index is 2.49. The fourth-order valence-electron chi connectivity index (χ4n) is 13.4. The van der Waals surface area contributed by atoms with Crippen LogP contribution in [-0.4, -0.2) is 0 Å². The average Bonchev–Trinajstić information content (AvgIpc) is 4.15. The second-order valence-corrected chi connectivity index (χ2v) is 23.4. The zero-order chi connectivity index (χ0) is 52.4. The number of hydrogen-bond donors (Lipinski definition) is 0. The van der Waals surface area contributed by atoms with Gasteiger partial charge in [-0.15, -0.1) is 22.7 Å². The first-order valence-corrected chi connectivity index (χ1v) is 29.2. The molecule has 0 amide bonds. The van der Waals surface area contributed by atoms with Gasteiger partial charge >= 0.3 is 0 Å². The molecule has 0 aliphatic rings. The predicted octanol–water partition coefficient (Wildman–Crippen LogP) is 23.3. The van der Waals surface area contributed by atoms with Crippen molar-refractivity contribution in [3.05, 3.63) is 279 Å². The summed E-state index contributed by atoms with van der Waals surface area (Å²) in [5.74, 6) is 0. The summed E-state index contributed by atoms with van der Waals surface area (Å²) in [6, 6.07) is 105. The van der Waals surface area contributed by atoms with Crippen LogP contribution in [0.2, 0.25) is 0 Å². The van der Waals surface area contributed by atoms with Crippen LogP contribution in [0.1, 0.15) is 0 Å². The van der Waals surface area contributed by atoms with Gasteiger partial charge in [-0.05, 0) is 156 Å². The molecule has 370 valence electrons. The van der Waals surface area contributed by atoms with Gasteiger partial charge in [0, 0.05) is 45.9 Å². The van der Waals surface area contributed by atoms with Crippen molar-refractivity contribution in [2.24, 2.45) is 0 Å². The lowest BCUT2D eigenvalue weighted by molar-refractivity contribution is 1.57. The highest BCUT2D eigenvalue weighted by atomic mass is 32.1. The quantitative estimate of drug-likeness (QED) is 0.146. The lowest BCUT2D eigenvalue weighted by atomic mass is 9.84. The molecule has 0 unspecified atom stereocenters. The van der Waals surface area contributed by atoms with Crippen LogP contribution in [0.25, 0.3) is 172 Å². The number of thiophene rings is 2. The number of fused-ring (bicyclic) bond motifs is 18. The van der Waals surface area contributed by atoms with E-state index in [9.17, 15) is 0 Å². The summed E-state index contributed by atoms with van der Waals surface area (Å²) in [6.07, 6.45) is 0. The average molecular weight is 1050 g/mol. The van der Waals surface area contributed by atoms with Crippen LogP contribution in [0.5, 0.6) is 0 Å². The van der Waals surface area contributed by atoms with Crippen molar-refractivity contribution in [1.82, 2.24) is 0 Å². The molecule has 80 heavy (non-hydrogen) atoms. The van der Waals surface area contributed by atoms with E-state index in [1.807, 2.05) is 22.7 Å². The molecule has 0 saturated carbocycles. The second-order valence-electron chi connectivity index (χ2n) is 21.3. The molecule has 17 aromatic rings. The summed E-state index contributed by atoms with van der Waals surface area (Å²) in [5, 5.41) is 20.5. The van der Waals surface area contributed by atoms with E-state index in [-0.39, 0.29) is 0 Å². The smallest absolute Gasteiger partial charge is 0.0434 e. The van der Waals surface area contributed by atoms with Crippen LogP contribution in [0.4, 0.5) is 0 Å². The molecule has 2 heteroatoms. The third-order valence-corrected chi connectivity index (χ3v) is 19.6. The van der Waals surface area contributed by atoms with E-state index in [0.29, 0.717) is 0 Å². The standard InChI is InChI=1S/C78H46S2/c1-2-17-47(18-3-1)52-28-14-31-68-69-32-16-33-70(78(69)80-77(52)68)74-44-49(48-35-39-63-58-23-6-4-19-54(58)56-21-8-10-25-60(56)72(63)43-48)36-40-65(74)62-41-37-50(53-29-15-30-67-66-27-12-13-34-75(66)79-76(53)67)45-71(62)51-38-42-64-59-24-7-5-20-55(59)57-22-9-11-26-61(57)73(64)46-51/h1-46H. The van der Waals surface area contributed by atoms with Gasteiger partial charge in [-0.1, -0.05) is 249 Å². The monoisotopic (exact) mass is 1050 g/mol. The van der Waals surface area contributed by atoms with Crippen LogP contribution in [0.15, 0.2) is 279 Å². The van der Waals surface area contributed by atoms with Crippen molar-refractivity contribution in [3.63, 3.8) is 0 Å². The summed E-state index contributed by atoms with van der Waals surface area (Å²) in [7, 11) is 0. The molecule has 0 aliphatic heterocycles. The maximum Gasteiger partial charge on any atom is 0.0434 e. The van der Waals surface area contributed by atoms with Crippen molar-refractivity contribution in [2.45, 2.75) is 0 Å². The molecule has 0 atom stereocenters. The molecule has 2 heterocycles. The SMILES string of the molecule is c1ccc(-c2cccc3c2sc2c(-c4cc(-c5ccc6c7ccccc7c7ccccc7c6c5)ccc4-c4ccc(-c5cccc6c5sc5ccccc56)cc4-c4ccc5c6ccccc6c6ccccc6c5c4)cccc23)cc1. The van der Waals surface area contributed by atoms with Crippen LogP contribution >= 0.6 is 22.7 Å². The summed E-state index contributed by atoms with van der Waals surface area (Å²) in [5.41, 5.74) is 14.6. The maximum atomic E-state index is 2.49. The third-order valence-electron chi connectivity index (χ3n) is 17.1. The minimum Gasteiger partial charge on any atom is -0.135 e. The lowest BCUT2D eigenvalue weighted by Crippen LogP contribution is -1.93. The first kappa shape index (κ1) is 45.3. The van der Waals surface area contributed by atoms with E-state index in [2.05, 4.69) is 279 Å². The van der Waals surface area contributed by atoms with E-state index in [1.54, 1.807) is 0 Å². The fourth-order valence-corrected chi connectivity index (χ4v) is 16.0. The number of hydrogen-bond acceptors (Lipinski definition) is 2. The van der Waals surface area contributed by atoms with Gasteiger partial charge in [-0.2, -0.15) is 0 Å². The largest absolute Gasteiger partial charge is 0.135 e. The topological polar surface area (TPSA) is 0 Å². The molecule has 0 N–H and O–H groups in total. The molecule has 0 aliphatic carbocycles. The van der Waals surface area contributed by atoms with Crippen LogP contribution in [0.3, 0.4) is 0 Å². The van der Waals surface area contributed by atoms with Crippen molar-refractivity contribution < 1.29 is 0 Å². The predicted molar refractivity (Wildman–Crippen MR) is 350 cm³/mol. The molecular weight excluding hydrogens is 1000 g/mol. The highest BCUT2D eigenvalue weighted by molar-refractivity contribution is 7.27. The summed E-state index contributed by atoms with van der Waals surface area (Å²) >= 11 is 3.82. The molecule has 0 saturated heterocycles. The highest BCUT2D eigenvalue weighted by Crippen LogP contribution is 2.50. The Hall–Kier alpha value is -9.70. The Kier molecular flexibility index (Phi) is 10.2. The minimum atomic E-state index is 1.18. The first-order valence-electron chi connectivity index (χ1n) is 27.5. The molecule has 17 rings (SSSR count). The Labute approximate surface area is 470 Å². The van der Waals surface area contributed by atoms with Gasteiger partial charge < -0.3 is 0 Å². The Morgan fingerprint density at radius 2 is 0.500 bits per heavy atom. The summed E-state index contributed by atoms with van der Waals surface area (Å²) in [4.78, 5) is 0. The van der Waals surface area contributed by atoms with Gasteiger partial charge in [-0.25, -0.2) is 0 Å². The zero-order valence-corrected chi connectivity index (χ0v) is 45.0. The van der Waals surface area contributed by atoms with E-state index in [0.717, 1.165) is 0 Å². The van der Waals surface area contributed by atoms with Crippen LogP contribution in [0, 0.1) is 0 Å². The number of benzene rings is 15. The second kappa shape index (κ2) is 17.9. The summed E-state index contributed by atoms with van der Waals surface area (Å²) < 4.78 is 5.23. The Bertz CT molecular complexity index is 5350. The van der Waals surface area contributed by atoms with Gasteiger partial charge in [0.2, 0.25) is 0 Å². The molecule has 2 aromatic heterocycles. The van der Waals surface area contributed by atoms with Crippen LogP contribution < -0.4 is 0 Å². The lowest BCUT2D eigenvalue weighted by Gasteiger charge is -2.19. The Balaban J connectivity index is 0.951. The van der Waals surface area contributed by atoms with Gasteiger partial charge in [-0.3, -0.25) is 0 Å². The molecule has 0 nitrogen and oxygen atoms in total. The van der Waals surface area contributed by atoms with Crippen LogP contribution in [-0.2, 0) is 0 Å².